The van der Waals surface area contributed by atoms with Crippen molar-refractivity contribution in [1.82, 2.24) is 0 Å². The summed E-state index contributed by atoms with van der Waals surface area (Å²) in [6.45, 7) is 7.29. The Bertz CT molecular complexity index is 166. The second-order valence-corrected chi connectivity index (χ2v) is 2.96. The first-order valence-electron chi connectivity index (χ1n) is 3.46. The molecule has 0 bridgehead atoms. The van der Waals surface area contributed by atoms with E-state index in [4.69, 9.17) is 0 Å². The van der Waals surface area contributed by atoms with Gasteiger partial charge < -0.3 is 0 Å². The van der Waals surface area contributed by atoms with Gasteiger partial charge in [-0.05, 0) is 6.26 Å². The lowest BCUT2D eigenvalue weighted by Gasteiger charge is -1.98. The highest BCUT2D eigenvalue weighted by atomic mass is 32.2. The first kappa shape index (κ1) is 10.3. The van der Waals surface area contributed by atoms with Crippen LogP contribution in [0.1, 0.15) is 0 Å². The number of hydrogen-bond donors (Lipinski definition) is 0. The zero-order chi connectivity index (χ0) is 8.53. The van der Waals surface area contributed by atoms with Gasteiger partial charge in [-0.2, -0.15) is 11.8 Å². The number of allylic oxidation sites excluding steroid dienone is 4. The standard InChI is InChI=1S/C10H14S/c1-4-6-7-8-9-10(5-2)11-3/h4-10H,1-2H2,3H3/b7-6-,9-8-. The molecule has 0 radical (unpaired) electrons. The summed E-state index contributed by atoms with van der Waals surface area (Å²) in [5, 5.41) is 0.421. The van der Waals surface area contributed by atoms with Crippen molar-refractivity contribution in [2.75, 3.05) is 6.26 Å². The monoisotopic (exact) mass is 166 g/mol. The van der Waals surface area contributed by atoms with E-state index >= 15 is 0 Å². The molecule has 0 aliphatic carbocycles. The zero-order valence-corrected chi connectivity index (χ0v) is 7.68. The van der Waals surface area contributed by atoms with Crippen LogP contribution in [-0.2, 0) is 0 Å². The van der Waals surface area contributed by atoms with Crippen LogP contribution in [-0.4, -0.2) is 11.5 Å². The summed E-state index contributed by atoms with van der Waals surface area (Å²) in [6, 6.07) is 0. The summed E-state index contributed by atoms with van der Waals surface area (Å²) in [5.74, 6) is 0. The van der Waals surface area contributed by atoms with Crippen molar-refractivity contribution in [2.45, 2.75) is 5.25 Å². The van der Waals surface area contributed by atoms with E-state index in [1.165, 1.54) is 0 Å². The lowest BCUT2D eigenvalue weighted by Crippen LogP contribution is -1.88. The maximum atomic E-state index is 3.71. The summed E-state index contributed by atoms with van der Waals surface area (Å²) in [4.78, 5) is 0. The van der Waals surface area contributed by atoms with Crippen molar-refractivity contribution in [3.8, 4) is 0 Å². The molecule has 0 saturated heterocycles. The van der Waals surface area contributed by atoms with E-state index in [-0.39, 0.29) is 0 Å². The molecular formula is C10H14S. The van der Waals surface area contributed by atoms with Gasteiger partial charge in [0.25, 0.3) is 0 Å². The van der Waals surface area contributed by atoms with E-state index in [9.17, 15) is 0 Å². The molecule has 1 unspecified atom stereocenters. The Labute approximate surface area is 73.4 Å². The van der Waals surface area contributed by atoms with Crippen LogP contribution in [0.2, 0.25) is 0 Å². The van der Waals surface area contributed by atoms with Crippen LogP contribution in [0, 0.1) is 0 Å². The molecule has 0 amide bonds. The fraction of sp³-hybridized carbons (Fsp3) is 0.200. The second-order valence-electron chi connectivity index (χ2n) is 1.94. The van der Waals surface area contributed by atoms with Crippen LogP contribution in [0.25, 0.3) is 0 Å². The number of hydrogen-bond acceptors (Lipinski definition) is 1. The SMILES string of the molecule is C=C/C=C\C=C/C(C=C)SC. The van der Waals surface area contributed by atoms with Gasteiger partial charge in [0.1, 0.15) is 0 Å². The summed E-state index contributed by atoms with van der Waals surface area (Å²) >= 11 is 1.76. The largest absolute Gasteiger partial charge is 0.154 e. The van der Waals surface area contributed by atoms with Gasteiger partial charge in [-0.25, -0.2) is 0 Å². The van der Waals surface area contributed by atoms with Gasteiger partial charge in [-0.15, -0.1) is 6.58 Å². The minimum atomic E-state index is 0.421. The molecule has 0 spiro atoms. The maximum Gasteiger partial charge on any atom is 0.0405 e. The van der Waals surface area contributed by atoms with E-state index in [1.807, 2.05) is 24.3 Å². The van der Waals surface area contributed by atoms with Crippen LogP contribution in [0.15, 0.2) is 49.6 Å². The van der Waals surface area contributed by atoms with Gasteiger partial charge in [0, 0.05) is 5.25 Å². The van der Waals surface area contributed by atoms with Crippen LogP contribution in [0.4, 0.5) is 0 Å². The van der Waals surface area contributed by atoms with Crippen LogP contribution in [0.3, 0.4) is 0 Å². The van der Waals surface area contributed by atoms with E-state index in [1.54, 1.807) is 17.8 Å². The molecule has 11 heavy (non-hydrogen) atoms. The Balaban J connectivity index is 3.78. The number of thioether (sulfide) groups is 1. The Kier molecular flexibility index (Phi) is 6.95. The topological polar surface area (TPSA) is 0 Å². The maximum absolute atomic E-state index is 3.71. The summed E-state index contributed by atoms with van der Waals surface area (Å²) < 4.78 is 0. The van der Waals surface area contributed by atoms with Gasteiger partial charge in [-0.1, -0.05) is 43.0 Å². The quantitative estimate of drug-likeness (QED) is 0.446. The van der Waals surface area contributed by atoms with Gasteiger partial charge in [0.2, 0.25) is 0 Å². The molecule has 0 aliphatic rings. The summed E-state index contributed by atoms with van der Waals surface area (Å²) in [7, 11) is 0. The molecule has 0 aromatic rings. The predicted molar refractivity (Wildman–Crippen MR) is 56.0 cm³/mol. The smallest absolute Gasteiger partial charge is 0.0405 e. The van der Waals surface area contributed by atoms with Crippen LogP contribution >= 0.6 is 11.8 Å². The van der Waals surface area contributed by atoms with E-state index in [2.05, 4.69) is 25.5 Å². The normalized spacial score (nSPS) is 13.9. The second kappa shape index (κ2) is 7.42. The molecule has 0 N–H and O–H groups in total. The van der Waals surface area contributed by atoms with Gasteiger partial charge in [-0.3, -0.25) is 0 Å². The van der Waals surface area contributed by atoms with Crippen molar-refractivity contribution in [3.63, 3.8) is 0 Å². The molecule has 0 aromatic heterocycles. The van der Waals surface area contributed by atoms with Crippen LogP contribution in [0.5, 0.6) is 0 Å². The van der Waals surface area contributed by atoms with E-state index in [0.717, 1.165) is 0 Å². The predicted octanol–water partition coefficient (Wildman–Crippen LogP) is 3.20. The summed E-state index contributed by atoms with van der Waals surface area (Å²) in [5.41, 5.74) is 0. The van der Waals surface area contributed by atoms with Crippen molar-refractivity contribution in [2.24, 2.45) is 0 Å². The Morgan fingerprint density at radius 1 is 1.18 bits per heavy atom. The molecule has 0 nitrogen and oxygen atoms in total. The molecule has 0 aliphatic heterocycles. The highest BCUT2D eigenvalue weighted by Crippen LogP contribution is 2.08. The third-order valence-electron chi connectivity index (χ3n) is 1.16. The first-order valence-corrected chi connectivity index (χ1v) is 4.75. The van der Waals surface area contributed by atoms with Gasteiger partial charge in [0.05, 0.1) is 0 Å². The fourth-order valence-electron chi connectivity index (χ4n) is 0.570. The third-order valence-corrected chi connectivity index (χ3v) is 2.06. The van der Waals surface area contributed by atoms with E-state index < -0.39 is 0 Å². The highest BCUT2D eigenvalue weighted by Gasteiger charge is 1.90. The summed E-state index contributed by atoms with van der Waals surface area (Å²) in [6.07, 6.45) is 13.7. The molecule has 1 heteroatoms. The lowest BCUT2D eigenvalue weighted by molar-refractivity contribution is 1.43. The lowest BCUT2D eigenvalue weighted by atomic mass is 10.3. The molecule has 0 fully saturated rings. The van der Waals surface area contributed by atoms with Gasteiger partial charge >= 0.3 is 0 Å². The average molecular weight is 166 g/mol. The Hall–Kier alpha value is -0.690. The highest BCUT2D eigenvalue weighted by molar-refractivity contribution is 7.99. The molecule has 0 rings (SSSR count). The average Bonchev–Trinajstić information content (AvgIpc) is 2.05. The Morgan fingerprint density at radius 3 is 2.36 bits per heavy atom. The minimum Gasteiger partial charge on any atom is -0.154 e. The molecule has 60 valence electrons. The van der Waals surface area contributed by atoms with Crippen molar-refractivity contribution >= 4 is 11.8 Å². The van der Waals surface area contributed by atoms with E-state index in [0.29, 0.717) is 5.25 Å². The fourth-order valence-corrected chi connectivity index (χ4v) is 1.01. The zero-order valence-electron chi connectivity index (χ0n) is 6.86. The molecular weight excluding hydrogens is 152 g/mol. The molecule has 0 saturated carbocycles. The van der Waals surface area contributed by atoms with Crippen molar-refractivity contribution in [1.29, 1.82) is 0 Å². The molecule has 0 heterocycles. The molecule has 1 atom stereocenters. The third kappa shape index (κ3) is 5.74. The number of rotatable bonds is 5. The van der Waals surface area contributed by atoms with Crippen molar-refractivity contribution < 1.29 is 0 Å². The minimum absolute atomic E-state index is 0.421. The molecule has 0 aromatic carbocycles. The van der Waals surface area contributed by atoms with Gasteiger partial charge in [0.15, 0.2) is 0 Å². The Morgan fingerprint density at radius 2 is 1.91 bits per heavy atom. The van der Waals surface area contributed by atoms with Crippen molar-refractivity contribution in [3.05, 3.63) is 49.6 Å². The van der Waals surface area contributed by atoms with Crippen LogP contribution < -0.4 is 0 Å². The first-order chi connectivity index (χ1) is 5.35.